The standard InChI is InChI=1S/C52H99N2O6P/c1-6-8-10-12-14-16-18-20-21-22-23-24-25-26-27-28-29-30-31-32-34-36-38-40-42-44-46-52(56)53-50(49-60-61(57,58)59-48-47-54(3,4)5)51(55)45-43-41-39-37-35-33-19-17-15-13-11-9-7-2/h15,17,26-27,35,37,43,45,50-51,55H,6-14,16,18-25,28-34,36,38-42,44,46-49H2,1-5H3,(H-,53,56,57,58)/b17-15+,27-26-,37-35+,45-43+. The first kappa shape index (κ1) is 59.5. The summed E-state index contributed by atoms with van der Waals surface area (Å²) >= 11 is 0. The molecular weight excluding hydrogens is 780 g/mol. The van der Waals surface area contributed by atoms with E-state index in [0.717, 1.165) is 51.4 Å². The zero-order valence-electron chi connectivity index (χ0n) is 40.6. The van der Waals surface area contributed by atoms with Gasteiger partial charge in [0.15, 0.2) is 0 Å². The van der Waals surface area contributed by atoms with E-state index < -0.39 is 26.6 Å². The molecule has 9 heteroatoms. The number of hydrogen-bond donors (Lipinski definition) is 2. The average molecular weight is 879 g/mol. The first-order valence-electron chi connectivity index (χ1n) is 25.5. The number of carbonyl (C=O) groups excluding carboxylic acids is 1. The monoisotopic (exact) mass is 879 g/mol. The molecule has 0 saturated carbocycles. The van der Waals surface area contributed by atoms with Crippen molar-refractivity contribution in [2.45, 2.75) is 238 Å². The number of nitrogens with one attached hydrogen (secondary N) is 1. The van der Waals surface area contributed by atoms with Crippen molar-refractivity contribution in [2.75, 3.05) is 40.9 Å². The van der Waals surface area contributed by atoms with Gasteiger partial charge in [0.1, 0.15) is 13.2 Å². The molecule has 0 aromatic rings. The van der Waals surface area contributed by atoms with Gasteiger partial charge in [-0.05, 0) is 70.6 Å². The van der Waals surface area contributed by atoms with E-state index in [1.165, 1.54) is 154 Å². The van der Waals surface area contributed by atoms with Crippen molar-refractivity contribution < 1.29 is 32.9 Å². The van der Waals surface area contributed by atoms with Crippen LogP contribution in [0.5, 0.6) is 0 Å². The Morgan fingerprint density at radius 2 is 0.918 bits per heavy atom. The summed E-state index contributed by atoms with van der Waals surface area (Å²) < 4.78 is 23.2. The van der Waals surface area contributed by atoms with Crippen LogP contribution >= 0.6 is 7.82 Å². The number of unbranched alkanes of at least 4 members (excludes halogenated alkanes) is 27. The van der Waals surface area contributed by atoms with Gasteiger partial charge in [-0.3, -0.25) is 9.36 Å². The van der Waals surface area contributed by atoms with Crippen molar-refractivity contribution in [2.24, 2.45) is 0 Å². The van der Waals surface area contributed by atoms with Gasteiger partial charge in [-0.1, -0.05) is 197 Å². The number of allylic oxidation sites excluding steroid dienone is 7. The average Bonchev–Trinajstić information content (AvgIpc) is 3.21. The normalized spacial score (nSPS) is 14.5. The largest absolute Gasteiger partial charge is 0.756 e. The smallest absolute Gasteiger partial charge is 0.268 e. The molecule has 0 aromatic carbocycles. The van der Waals surface area contributed by atoms with E-state index in [-0.39, 0.29) is 12.5 Å². The van der Waals surface area contributed by atoms with Crippen LogP contribution in [0.25, 0.3) is 0 Å². The van der Waals surface area contributed by atoms with E-state index in [9.17, 15) is 19.4 Å². The number of carbonyl (C=O) groups is 1. The lowest BCUT2D eigenvalue weighted by molar-refractivity contribution is -0.870. The van der Waals surface area contributed by atoms with Crippen LogP contribution in [0.2, 0.25) is 0 Å². The van der Waals surface area contributed by atoms with Crippen molar-refractivity contribution in [3.05, 3.63) is 48.6 Å². The molecule has 0 aliphatic carbocycles. The van der Waals surface area contributed by atoms with E-state index in [1.807, 2.05) is 27.2 Å². The maximum Gasteiger partial charge on any atom is 0.268 e. The summed E-state index contributed by atoms with van der Waals surface area (Å²) in [5.41, 5.74) is 0. The summed E-state index contributed by atoms with van der Waals surface area (Å²) in [5, 5.41) is 13.8. The number of likely N-dealkylation sites (N-methyl/N-ethyl adjacent to an activating group) is 1. The van der Waals surface area contributed by atoms with Gasteiger partial charge in [0.25, 0.3) is 7.82 Å². The highest BCUT2D eigenvalue weighted by atomic mass is 31.2. The summed E-state index contributed by atoms with van der Waals surface area (Å²) in [6, 6.07) is -0.909. The lowest BCUT2D eigenvalue weighted by Gasteiger charge is -2.29. The Bertz CT molecular complexity index is 1130. The lowest BCUT2D eigenvalue weighted by atomic mass is 10.0. The van der Waals surface area contributed by atoms with Crippen molar-refractivity contribution >= 4 is 13.7 Å². The molecule has 0 fully saturated rings. The summed E-state index contributed by atoms with van der Waals surface area (Å²) in [7, 11) is 1.23. The summed E-state index contributed by atoms with van der Waals surface area (Å²) in [6.45, 7) is 4.59. The van der Waals surface area contributed by atoms with Gasteiger partial charge in [0.2, 0.25) is 5.91 Å². The van der Waals surface area contributed by atoms with Crippen LogP contribution < -0.4 is 10.2 Å². The third-order valence-electron chi connectivity index (χ3n) is 11.2. The van der Waals surface area contributed by atoms with Crippen LogP contribution in [-0.4, -0.2) is 68.5 Å². The number of phosphoric ester groups is 1. The molecule has 1 amide bonds. The molecule has 8 nitrogen and oxygen atoms in total. The van der Waals surface area contributed by atoms with Gasteiger partial charge in [0, 0.05) is 6.42 Å². The number of quaternary nitrogens is 1. The van der Waals surface area contributed by atoms with E-state index in [1.54, 1.807) is 6.08 Å². The highest BCUT2D eigenvalue weighted by Gasteiger charge is 2.23. The molecule has 2 N–H and O–H groups in total. The van der Waals surface area contributed by atoms with E-state index >= 15 is 0 Å². The van der Waals surface area contributed by atoms with Crippen molar-refractivity contribution in [3.8, 4) is 0 Å². The summed E-state index contributed by atoms with van der Waals surface area (Å²) in [6.07, 6.45) is 56.1. The molecule has 0 aliphatic heterocycles. The third-order valence-corrected chi connectivity index (χ3v) is 12.2. The van der Waals surface area contributed by atoms with Gasteiger partial charge in [-0.25, -0.2) is 0 Å². The molecule has 61 heavy (non-hydrogen) atoms. The second-order valence-electron chi connectivity index (χ2n) is 18.5. The zero-order valence-corrected chi connectivity index (χ0v) is 41.5. The van der Waals surface area contributed by atoms with E-state index in [2.05, 4.69) is 55.6 Å². The fourth-order valence-electron chi connectivity index (χ4n) is 7.18. The fraction of sp³-hybridized carbons (Fsp3) is 0.827. The van der Waals surface area contributed by atoms with Gasteiger partial charge in [-0.15, -0.1) is 0 Å². The minimum atomic E-state index is -4.60. The van der Waals surface area contributed by atoms with Crippen LogP contribution in [0.15, 0.2) is 48.6 Å². The van der Waals surface area contributed by atoms with Gasteiger partial charge in [0.05, 0.1) is 39.9 Å². The molecule has 0 bridgehead atoms. The molecule has 0 aliphatic rings. The highest BCUT2D eigenvalue weighted by molar-refractivity contribution is 7.45. The number of rotatable bonds is 46. The minimum Gasteiger partial charge on any atom is -0.756 e. The second-order valence-corrected chi connectivity index (χ2v) is 19.9. The van der Waals surface area contributed by atoms with Crippen molar-refractivity contribution in [1.29, 1.82) is 0 Å². The molecule has 3 unspecified atom stereocenters. The number of nitrogens with zero attached hydrogens (tertiary/aromatic N) is 1. The van der Waals surface area contributed by atoms with Crippen LogP contribution in [0.1, 0.15) is 226 Å². The molecular formula is C52H99N2O6P. The Morgan fingerprint density at radius 1 is 0.557 bits per heavy atom. The molecule has 0 rings (SSSR count). The van der Waals surface area contributed by atoms with E-state index in [4.69, 9.17) is 9.05 Å². The first-order valence-corrected chi connectivity index (χ1v) is 27.0. The van der Waals surface area contributed by atoms with Gasteiger partial charge < -0.3 is 28.8 Å². The maximum absolute atomic E-state index is 12.9. The molecule has 358 valence electrons. The van der Waals surface area contributed by atoms with Crippen LogP contribution in [0, 0.1) is 0 Å². The minimum absolute atomic E-state index is 0.00997. The predicted molar refractivity (Wildman–Crippen MR) is 261 cm³/mol. The predicted octanol–water partition coefficient (Wildman–Crippen LogP) is 14.2. The Labute approximate surface area is 378 Å². The molecule has 0 radical (unpaired) electrons. The van der Waals surface area contributed by atoms with Crippen LogP contribution in [0.3, 0.4) is 0 Å². The molecule has 0 saturated heterocycles. The summed E-state index contributed by atoms with van der Waals surface area (Å²) in [5.74, 6) is -0.214. The zero-order chi connectivity index (χ0) is 45.0. The summed E-state index contributed by atoms with van der Waals surface area (Å²) in [4.78, 5) is 25.4. The second kappa shape index (κ2) is 43.7. The number of hydrogen-bond acceptors (Lipinski definition) is 6. The first-order chi connectivity index (χ1) is 29.5. The molecule has 0 aromatic heterocycles. The van der Waals surface area contributed by atoms with Crippen LogP contribution in [-0.2, 0) is 18.4 Å². The number of aliphatic hydroxyl groups excluding tert-OH is 1. The van der Waals surface area contributed by atoms with Gasteiger partial charge >= 0.3 is 0 Å². The molecule has 0 heterocycles. The topological polar surface area (TPSA) is 108 Å². The number of phosphoric acid groups is 1. The fourth-order valence-corrected chi connectivity index (χ4v) is 7.90. The lowest BCUT2D eigenvalue weighted by Crippen LogP contribution is -2.45. The maximum atomic E-state index is 12.9. The highest BCUT2D eigenvalue weighted by Crippen LogP contribution is 2.38. The van der Waals surface area contributed by atoms with Crippen molar-refractivity contribution in [1.82, 2.24) is 5.32 Å². The molecule has 3 atom stereocenters. The van der Waals surface area contributed by atoms with E-state index in [0.29, 0.717) is 17.4 Å². The Balaban J connectivity index is 4.22. The molecule has 0 spiro atoms. The Kier molecular flexibility index (Phi) is 42.6. The number of amides is 1. The SMILES string of the molecule is CCCCC/C=C/CC/C=C/CC/C=C/C(O)C(COP(=O)([O-])OCC[N+](C)(C)C)NC(=O)CCCCCCCCCCCC/C=C\CCCCCCCCCCCCCC. The van der Waals surface area contributed by atoms with Crippen LogP contribution in [0.4, 0.5) is 0 Å². The quantitative estimate of drug-likeness (QED) is 0.0273. The number of aliphatic hydroxyl groups is 1. The van der Waals surface area contributed by atoms with Gasteiger partial charge in [-0.2, -0.15) is 0 Å². The Morgan fingerprint density at radius 3 is 1.36 bits per heavy atom. The third kappa shape index (κ3) is 46.3. The van der Waals surface area contributed by atoms with Crippen molar-refractivity contribution in [3.63, 3.8) is 0 Å². The Hall–Kier alpha value is -1.54.